The van der Waals surface area contributed by atoms with Gasteiger partial charge in [-0.25, -0.2) is 4.39 Å². The highest BCUT2D eigenvalue weighted by Crippen LogP contribution is 2.28. The summed E-state index contributed by atoms with van der Waals surface area (Å²) in [5.74, 6) is 0.771. The van der Waals surface area contributed by atoms with Gasteiger partial charge in [-0.3, -0.25) is 0 Å². The van der Waals surface area contributed by atoms with Crippen molar-refractivity contribution < 1.29 is 14.2 Å². The predicted octanol–water partition coefficient (Wildman–Crippen LogP) is 2.35. The Morgan fingerprint density at radius 2 is 2.43 bits per heavy atom. The van der Waals surface area contributed by atoms with Crippen molar-refractivity contribution >= 4 is 0 Å². The molecule has 0 aromatic carbocycles. The standard InChI is InChI=1S/C11H17FO2/c1-2-11-9(5-7-12)3-4-10(14-11)6-8-13/h2,5,10,13H,3-4,6-8H2,1H3/b9-5-,11-2+/t10-/m1/s1. The molecule has 2 nitrogen and oxygen atoms in total. The molecule has 1 aliphatic heterocycles. The molecule has 0 aliphatic carbocycles. The molecular weight excluding hydrogens is 183 g/mol. The smallest absolute Gasteiger partial charge is 0.118 e. The van der Waals surface area contributed by atoms with E-state index in [1.807, 2.05) is 13.0 Å². The lowest BCUT2D eigenvalue weighted by atomic mass is 9.99. The third-order valence-corrected chi connectivity index (χ3v) is 2.38. The van der Waals surface area contributed by atoms with Crippen LogP contribution in [0.5, 0.6) is 0 Å². The van der Waals surface area contributed by atoms with Crippen LogP contribution in [0.3, 0.4) is 0 Å². The van der Waals surface area contributed by atoms with Crippen molar-refractivity contribution in [3.63, 3.8) is 0 Å². The van der Waals surface area contributed by atoms with Crippen molar-refractivity contribution in [2.24, 2.45) is 0 Å². The molecule has 0 aromatic rings. The lowest BCUT2D eigenvalue weighted by molar-refractivity contribution is 0.0705. The summed E-state index contributed by atoms with van der Waals surface area (Å²) in [6.07, 6.45) is 5.86. The van der Waals surface area contributed by atoms with Crippen LogP contribution in [0.25, 0.3) is 0 Å². The van der Waals surface area contributed by atoms with Gasteiger partial charge in [0.05, 0.1) is 0 Å². The molecule has 1 N–H and O–H groups in total. The number of hydrogen-bond donors (Lipinski definition) is 1. The number of halogens is 1. The molecule has 14 heavy (non-hydrogen) atoms. The second kappa shape index (κ2) is 5.81. The van der Waals surface area contributed by atoms with E-state index in [2.05, 4.69) is 0 Å². The van der Waals surface area contributed by atoms with E-state index in [0.717, 1.165) is 24.2 Å². The van der Waals surface area contributed by atoms with Gasteiger partial charge in [-0.05, 0) is 37.5 Å². The Bertz CT molecular complexity index is 233. The first-order chi connectivity index (χ1) is 6.81. The maximum absolute atomic E-state index is 12.1. The van der Waals surface area contributed by atoms with Crippen molar-refractivity contribution in [2.75, 3.05) is 13.3 Å². The van der Waals surface area contributed by atoms with Gasteiger partial charge in [0.15, 0.2) is 0 Å². The zero-order valence-electron chi connectivity index (χ0n) is 8.50. The minimum atomic E-state index is -0.444. The van der Waals surface area contributed by atoms with Gasteiger partial charge in [-0.2, -0.15) is 0 Å². The minimum Gasteiger partial charge on any atom is -0.490 e. The molecule has 0 unspecified atom stereocenters. The van der Waals surface area contributed by atoms with E-state index in [9.17, 15) is 4.39 Å². The van der Waals surface area contributed by atoms with Crippen LogP contribution in [-0.4, -0.2) is 24.5 Å². The number of ether oxygens (including phenoxy) is 1. The van der Waals surface area contributed by atoms with Crippen molar-refractivity contribution in [1.82, 2.24) is 0 Å². The monoisotopic (exact) mass is 200 g/mol. The Morgan fingerprint density at radius 1 is 1.64 bits per heavy atom. The molecule has 0 amide bonds. The third kappa shape index (κ3) is 2.84. The van der Waals surface area contributed by atoms with Crippen LogP contribution in [0.4, 0.5) is 4.39 Å². The fourth-order valence-electron chi connectivity index (χ4n) is 1.65. The summed E-state index contributed by atoms with van der Waals surface area (Å²) in [6.45, 7) is 1.58. The summed E-state index contributed by atoms with van der Waals surface area (Å²) in [5, 5.41) is 8.77. The Balaban J connectivity index is 2.60. The molecule has 80 valence electrons. The van der Waals surface area contributed by atoms with Gasteiger partial charge in [-0.1, -0.05) is 0 Å². The van der Waals surface area contributed by atoms with E-state index in [1.54, 1.807) is 6.08 Å². The fourth-order valence-corrected chi connectivity index (χ4v) is 1.65. The average molecular weight is 200 g/mol. The Hall–Kier alpha value is -0.830. The van der Waals surface area contributed by atoms with E-state index >= 15 is 0 Å². The van der Waals surface area contributed by atoms with E-state index in [0.29, 0.717) is 6.42 Å². The van der Waals surface area contributed by atoms with Crippen molar-refractivity contribution in [3.8, 4) is 0 Å². The topological polar surface area (TPSA) is 29.5 Å². The first kappa shape index (κ1) is 11.2. The van der Waals surface area contributed by atoms with Gasteiger partial charge in [0.25, 0.3) is 0 Å². The summed E-state index contributed by atoms with van der Waals surface area (Å²) in [5.41, 5.74) is 0.948. The normalized spacial score (nSPS) is 28.1. The maximum atomic E-state index is 12.1. The highest BCUT2D eigenvalue weighted by atomic mass is 19.1. The second-order valence-corrected chi connectivity index (χ2v) is 3.33. The van der Waals surface area contributed by atoms with Crippen LogP contribution in [0.15, 0.2) is 23.5 Å². The number of alkyl halides is 1. The van der Waals surface area contributed by atoms with Crippen molar-refractivity contribution in [3.05, 3.63) is 23.5 Å². The summed E-state index contributed by atoms with van der Waals surface area (Å²) in [6, 6.07) is 0. The number of aliphatic hydroxyl groups is 1. The highest BCUT2D eigenvalue weighted by molar-refractivity contribution is 5.27. The lowest BCUT2D eigenvalue weighted by Crippen LogP contribution is -2.20. The van der Waals surface area contributed by atoms with Gasteiger partial charge in [0.1, 0.15) is 18.5 Å². The Morgan fingerprint density at radius 3 is 3.00 bits per heavy atom. The number of rotatable bonds is 3. The molecule has 1 aliphatic rings. The predicted molar refractivity (Wildman–Crippen MR) is 53.6 cm³/mol. The molecule has 0 spiro atoms. The molecule has 1 heterocycles. The van der Waals surface area contributed by atoms with Gasteiger partial charge < -0.3 is 9.84 Å². The van der Waals surface area contributed by atoms with Crippen molar-refractivity contribution in [1.29, 1.82) is 0 Å². The van der Waals surface area contributed by atoms with Crippen LogP contribution in [0.1, 0.15) is 26.2 Å². The van der Waals surface area contributed by atoms with Crippen LogP contribution in [-0.2, 0) is 4.74 Å². The van der Waals surface area contributed by atoms with Gasteiger partial charge in [-0.15, -0.1) is 0 Å². The minimum absolute atomic E-state index is 0.0861. The zero-order chi connectivity index (χ0) is 10.4. The summed E-state index contributed by atoms with van der Waals surface area (Å²) in [4.78, 5) is 0. The molecule has 0 radical (unpaired) electrons. The molecule has 0 saturated carbocycles. The largest absolute Gasteiger partial charge is 0.490 e. The van der Waals surface area contributed by atoms with Gasteiger partial charge in [0.2, 0.25) is 0 Å². The van der Waals surface area contributed by atoms with Crippen LogP contribution in [0, 0.1) is 0 Å². The van der Waals surface area contributed by atoms with Crippen LogP contribution in [0.2, 0.25) is 0 Å². The van der Waals surface area contributed by atoms with E-state index in [1.165, 1.54) is 0 Å². The second-order valence-electron chi connectivity index (χ2n) is 3.33. The SMILES string of the molecule is C/C=C1/O[C@@H](CCO)CC/C1=C/CF. The van der Waals surface area contributed by atoms with Gasteiger partial charge >= 0.3 is 0 Å². The summed E-state index contributed by atoms with van der Waals surface area (Å²) in [7, 11) is 0. The molecule has 1 fully saturated rings. The first-order valence-corrected chi connectivity index (χ1v) is 5.01. The van der Waals surface area contributed by atoms with Crippen LogP contribution < -0.4 is 0 Å². The lowest BCUT2D eigenvalue weighted by Gasteiger charge is -2.27. The van der Waals surface area contributed by atoms with E-state index < -0.39 is 6.67 Å². The highest BCUT2D eigenvalue weighted by Gasteiger charge is 2.20. The molecular formula is C11H17FO2. The quantitative estimate of drug-likeness (QED) is 0.757. The third-order valence-electron chi connectivity index (χ3n) is 2.38. The molecule has 1 atom stereocenters. The first-order valence-electron chi connectivity index (χ1n) is 5.01. The summed E-state index contributed by atoms with van der Waals surface area (Å²) < 4.78 is 17.7. The fraction of sp³-hybridized carbons (Fsp3) is 0.636. The molecule has 3 heteroatoms. The van der Waals surface area contributed by atoms with Crippen LogP contribution >= 0.6 is 0 Å². The molecule has 1 rings (SSSR count). The number of aliphatic hydroxyl groups excluding tert-OH is 1. The maximum Gasteiger partial charge on any atom is 0.118 e. The van der Waals surface area contributed by atoms with Crippen molar-refractivity contribution in [2.45, 2.75) is 32.3 Å². The Kier molecular flexibility index (Phi) is 4.66. The zero-order valence-corrected chi connectivity index (χ0v) is 8.50. The molecule has 0 bridgehead atoms. The Labute approximate surface area is 84.1 Å². The van der Waals surface area contributed by atoms with E-state index in [-0.39, 0.29) is 12.7 Å². The number of hydrogen-bond acceptors (Lipinski definition) is 2. The van der Waals surface area contributed by atoms with E-state index in [4.69, 9.17) is 9.84 Å². The van der Waals surface area contributed by atoms with Gasteiger partial charge in [0, 0.05) is 13.0 Å². The number of allylic oxidation sites excluding steroid dienone is 3. The molecule has 1 saturated heterocycles. The average Bonchev–Trinajstić information content (AvgIpc) is 2.21. The summed E-state index contributed by atoms with van der Waals surface area (Å²) >= 11 is 0. The molecule has 0 aromatic heterocycles.